The lowest BCUT2D eigenvalue weighted by atomic mass is 10.2. The van der Waals surface area contributed by atoms with E-state index in [0.717, 1.165) is 0 Å². The van der Waals surface area contributed by atoms with Crippen LogP contribution in [0.15, 0.2) is 21.9 Å². The molecule has 1 aromatic heterocycles. The molecule has 5 nitrogen and oxygen atoms in total. The molecule has 90 valence electrons. The zero-order valence-corrected chi connectivity index (χ0v) is 9.85. The molecule has 16 heavy (non-hydrogen) atoms. The first-order chi connectivity index (χ1) is 7.56. The Balaban J connectivity index is 3.07. The minimum absolute atomic E-state index is 0.241. The van der Waals surface area contributed by atoms with Gasteiger partial charge in [-0.25, -0.2) is 4.79 Å². The van der Waals surface area contributed by atoms with Gasteiger partial charge in [0.15, 0.2) is 0 Å². The van der Waals surface area contributed by atoms with Gasteiger partial charge in [-0.2, -0.15) is 0 Å². The van der Waals surface area contributed by atoms with Gasteiger partial charge in [0.25, 0.3) is 5.56 Å². The van der Waals surface area contributed by atoms with Crippen molar-refractivity contribution in [2.75, 3.05) is 6.54 Å². The van der Waals surface area contributed by atoms with Crippen molar-refractivity contribution < 1.29 is 0 Å². The van der Waals surface area contributed by atoms with E-state index in [9.17, 15) is 9.59 Å². The normalized spacial score (nSPS) is 11.0. The van der Waals surface area contributed by atoms with E-state index in [2.05, 4.69) is 0 Å². The van der Waals surface area contributed by atoms with Crippen molar-refractivity contribution in [1.82, 2.24) is 9.13 Å². The van der Waals surface area contributed by atoms with Crippen molar-refractivity contribution in [3.05, 3.63) is 33.1 Å². The Morgan fingerprint density at radius 3 is 2.62 bits per heavy atom. The molecule has 5 heteroatoms. The first-order valence-electron chi connectivity index (χ1n) is 5.56. The van der Waals surface area contributed by atoms with E-state index in [-0.39, 0.29) is 11.2 Å². The summed E-state index contributed by atoms with van der Waals surface area (Å²) in [7, 11) is 0. The molecule has 0 saturated carbocycles. The van der Waals surface area contributed by atoms with Gasteiger partial charge in [0.2, 0.25) is 0 Å². The number of nitrogens with zero attached hydrogens (tertiary/aromatic N) is 2. The van der Waals surface area contributed by atoms with Gasteiger partial charge in [-0.05, 0) is 18.9 Å². The lowest BCUT2D eigenvalue weighted by Gasteiger charge is -2.11. The van der Waals surface area contributed by atoms with E-state index in [4.69, 9.17) is 5.73 Å². The molecule has 0 fully saturated rings. The third kappa shape index (κ3) is 3.06. The highest BCUT2D eigenvalue weighted by Gasteiger charge is 2.05. The highest BCUT2D eigenvalue weighted by molar-refractivity contribution is 4.86. The molecule has 0 aromatic carbocycles. The molecule has 0 atom stereocenters. The predicted molar refractivity (Wildman–Crippen MR) is 63.5 cm³/mol. The van der Waals surface area contributed by atoms with Gasteiger partial charge in [0.1, 0.15) is 0 Å². The molecule has 0 aliphatic heterocycles. The second kappa shape index (κ2) is 5.65. The van der Waals surface area contributed by atoms with Crippen molar-refractivity contribution in [3.63, 3.8) is 0 Å². The third-order valence-corrected chi connectivity index (χ3v) is 2.29. The van der Waals surface area contributed by atoms with Crippen LogP contribution in [0, 0.1) is 5.92 Å². The molecule has 0 bridgehead atoms. The smallest absolute Gasteiger partial charge is 0.330 e. The fourth-order valence-electron chi connectivity index (χ4n) is 1.54. The number of hydrogen-bond donors (Lipinski definition) is 1. The molecule has 1 aromatic rings. The minimum atomic E-state index is -0.251. The Morgan fingerprint density at radius 2 is 2.06 bits per heavy atom. The van der Waals surface area contributed by atoms with Gasteiger partial charge in [0.05, 0.1) is 0 Å². The second-order valence-corrected chi connectivity index (χ2v) is 4.28. The van der Waals surface area contributed by atoms with E-state index in [1.165, 1.54) is 10.6 Å². The van der Waals surface area contributed by atoms with E-state index >= 15 is 0 Å². The lowest BCUT2D eigenvalue weighted by molar-refractivity contribution is 0.470. The maximum absolute atomic E-state index is 11.9. The molecule has 2 N–H and O–H groups in total. The van der Waals surface area contributed by atoms with Crippen molar-refractivity contribution >= 4 is 0 Å². The molecule has 1 rings (SSSR count). The minimum Gasteiger partial charge on any atom is -0.330 e. The van der Waals surface area contributed by atoms with Crippen molar-refractivity contribution in [1.29, 1.82) is 0 Å². The highest BCUT2D eigenvalue weighted by atomic mass is 16.2. The molecule has 0 unspecified atom stereocenters. The molecule has 0 aliphatic carbocycles. The summed E-state index contributed by atoms with van der Waals surface area (Å²) in [6.45, 7) is 5.56. The van der Waals surface area contributed by atoms with Crippen LogP contribution in [0.5, 0.6) is 0 Å². The van der Waals surface area contributed by atoms with E-state index < -0.39 is 0 Å². The van der Waals surface area contributed by atoms with Gasteiger partial charge < -0.3 is 10.3 Å². The summed E-state index contributed by atoms with van der Waals surface area (Å²) in [5, 5.41) is 0. The zero-order valence-electron chi connectivity index (χ0n) is 9.85. The SMILES string of the molecule is CC(C)Cn1ccc(=O)n(CCCN)c1=O. The highest BCUT2D eigenvalue weighted by Crippen LogP contribution is 1.94. The van der Waals surface area contributed by atoms with Gasteiger partial charge in [-0.15, -0.1) is 0 Å². The molecule has 0 spiro atoms. The monoisotopic (exact) mass is 225 g/mol. The summed E-state index contributed by atoms with van der Waals surface area (Å²) in [5.74, 6) is 0.373. The summed E-state index contributed by atoms with van der Waals surface area (Å²) in [6.07, 6.45) is 2.20. The summed E-state index contributed by atoms with van der Waals surface area (Å²) in [5.41, 5.74) is 4.88. The molecular weight excluding hydrogens is 206 g/mol. The standard InChI is InChI=1S/C11H19N3O2/c1-9(2)8-13-7-4-10(15)14(11(13)16)6-3-5-12/h4,7,9H,3,5-6,8,12H2,1-2H3. The van der Waals surface area contributed by atoms with Crippen LogP contribution in [0.2, 0.25) is 0 Å². The Bertz CT molecular complexity index is 445. The van der Waals surface area contributed by atoms with Crippen molar-refractivity contribution in [3.8, 4) is 0 Å². The molecule has 0 aliphatic rings. The fraction of sp³-hybridized carbons (Fsp3) is 0.636. The molecule has 1 heterocycles. The quantitative estimate of drug-likeness (QED) is 0.767. The number of hydrogen-bond acceptors (Lipinski definition) is 3. The average Bonchev–Trinajstić information content (AvgIpc) is 2.22. The molecule has 0 amide bonds. The summed E-state index contributed by atoms with van der Waals surface area (Å²) >= 11 is 0. The van der Waals surface area contributed by atoms with E-state index in [1.54, 1.807) is 10.8 Å². The van der Waals surface area contributed by atoms with Crippen LogP contribution in [-0.4, -0.2) is 15.7 Å². The summed E-state index contributed by atoms with van der Waals surface area (Å²) < 4.78 is 2.82. The first kappa shape index (κ1) is 12.7. The first-order valence-corrected chi connectivity index (χ1v) is 5.56. The largest absolute Gasteiger partial charge is 0.330 e. The maximum atomic E-state index is 11.9. The van der Waals surface area contributed by atoms with Crippen LogP contribution < -0.4 is 17.0 Å². The Morgan fingerprint density at radius 1 is 1.38 bits per heavy atom. The second-order valence-electron chi connectivity index (χ2n) is 4.28. The van der Waals surface area contributed by atoms with Crippen LogP contribution in [0.4, 0.5) is 0 Å². The van der Waals surface area contributed by atoms with Crippen molar-refractivity contribution in [2.24, 2.45) is 11.7 Å². The van der Waals surface area contributed by atoms with E-state index in [0.29, 0.717) is 32.0 Å². The topological polar surface area (TPSA) is 70.0 Å². The Labute approximate surface area is 94.5 Å². The van der Waals surface area contributed by atoms with E-state index in [1.807, 2.05) is 13.8 Å². The summed E-state index contributed by atoms with van der Waals surface area (Å²) in [4.78, 5) is 23.4. The zero-order chi connectivity index (χ0) is 12.1. The van der Waals surface area contributed by atoms with Gasteiger partial charge in [0, 0.05) is 25.4 Å². The van der Waals surface area contributed by atoms with Crippen LogP contribution >= 0.6 is 0 Å². The third-order valence-electron chi connectivity index (χ3n) is 2.29. The Kier molecular flexibility index (Phi) is 4.49. The van der Waals surface area contributed by atoms with Gasteiger partial charge in [-0.3, -0.25) is 9.36 Å². The van der Waals surface area contributed by atoms with Crippen LogP contribution in [0.3, 0.4) is 0 Å². The van der Waals surface area contributed by atoms with Crippen LogP contribution in [0.25, 0.3) is 0 Å². The Hall–Kier alpha value is -1.36. The van der Waals surface area contributed by atoms with Gasteiger partial charge in [-0.1, -0.05) is 13.8 Å². The number of nitrogens with two attached hydrogens (primary N) is 1. The van der Waals surface area contributed by atoms with Crippen LogP contribution in [0.1, 0.15) is 20.3 Å². The number of aromatic nitrogens is 2. The fourth-order valence-corrected chi connectivity index (χ4v) is 1.54. The predicted octanol–water partition coefficient (Wildman–Crippen LogP) is 0.0148. The maximum Gasteiger partial charge on any atom is 0.330 e. The molecule has 0 saturated heterocycles. The molecule has 0 radical (unpaired) electrons. The number of rotatable bonds is 5. The van der Waals surface area contributed by atoms with Crippen molar-refractivity contribution in [2.45, 2.75) is 33.4 Å². The molecular formula is C11H19N3O2. The van der Waals surface area contributed by atoms with Crippen LogP contribution in [-0.2, 0) is 13.1 Å². The summed E-state index contributed by atoms with van der Waals surface area (Å²) in [6, 6.07) is 1.43. The lowest BCUT2D eigenvalue weighted by Crippen LogP contribution is -2.39. The van der Waals surface area contributed by atoms with Gasteiger partial charge >= 0.3 is 5.69 Å². The average molecular weight is 225 g/mol.